The number of hydrogen-bond acceptors (Lipinski definition) is 5. The van der Waals surface area contributed by atoms with Gasteiger partial charge >= 0.3 is 6.18 Å². The number of nitrogens with one attached hydrogen (secondary N) is 1. The SMILES string of the molecule is N#CCSCC(=O)Nc1nc(-c2cccc(C(F)(F)F)c2)cs1. The molecule has 4 nitrogen and oxygen atoms in total. The molecule has 1 amide bonds. The van der Waals surface area contributed by atoms with E-state index < -0.39 is 11.7 Å². The lowest BCUT2D eigenvalue weighted by Crippen LogP contribution is -2.14. The highest BCUT2D eigenvalue weighted by atomic mass is 32.2. The number of thiazole rings is 1. The maximum atomic E-state index is 12.7. The van der Waals surface area contributed by atoms with Crippen LogP contribution < -0.4 is 5.32 Å². The van der Waals surface area contributed by atoms with E-state index in [1.807, 2.05) is 6.07 Å². The van der Waals surface area contributed by atoms with E-state index in [0.717, 1.165) is 23.5 Å². The Morgan fingerprint density at radius 3 is 2.91 bits per heavy atom. The molecule has 0 unspecified atom stereocenters. The summed E-state index contributed by atoms with van der Waals surface area (Å²) in [6.45, 7) is 0. The first-order chi connectivity index (χ1) is 10.9. The largest absolute Gasteiger partial charge is 0.416 e. The van der Waals surface area contributed by atoms with E-state index in [0.29, 0.717) is 16.4 Å². The minimum Gasteiger partial charge on any atom is -0.301 e. The number of anilines is 1. The second-order valence-corrected chi connectivity index (χ2v) is 6.16. The van der Waals surface area contributed by atoms with Crippen LogP contribution in [-0.4, -0.2) is 22.4 Å². The molecule has 9 heteroatoms. The molecule has 0 bridgehead atoms. The van der Waals surface area contributed by atoms with Crippen molar-refractivity contribution in [3.05, 3.63) is 35.2 Å². The van der Waals surface area contributed by atoms with Crippen LogP contribution in [0.4, 0.5) is 18.3 Å². The van der Waals surface area contributed by atoms with Crippen LogP contribution in [0.15, 0.2) is 29.6 Å². The van der Waals surface area contributed by atoms with Gasteiger partial charge in [0, 0.05) is 10.9 Å². The summed E-state index contributed by atoms with van der Waals surface area (Å²) in [6, 6.07) is 6.76. The van der Waals surface area contributed by atoms with Gasteiger partial charge in [0.15, 0.2) is 5.13 Å². The van der Waals surface area contributed by atoms with Gasteiger partial charge in [0.1, 0.15) is 0 Å². The zero-order valence-electron chi connectivity index (χ0n) is 11.6. The fourth-order valence-corrected chi connectivity index (χ4v) is 2.85. The van der Waals surface area contributed by atoms with Crippen LogP contribution in [0.25, 0.3) is 11.3 Å². The number of nitriles is 1. The Balaban J connectivity index is 2.08. The minimum atomic E-state index is -4.42. The number of hydrogen-bond donors (Lipinski definition) is 1. The summed E-state index contributed by atoms with van der Waals surface area (Å²) in [5.41, 5.74) is -0.0574. The van der Waals surface area contributed by atoms with E-state index in [4.69, 9.17) is 5.26 Å². The standard InChI is InChI=1S/C14H10F3N3OS2/c15-14(16,17)10-3-1-2-9(6-10)11-7-23-13(19-11)20-12(21)8-22-5-4-18/h1-3,6-7H,5,8H2,(H,19,20,21). The summed E-state index contributed by atoms with van der Waals surface area (Å²) in [7, 11) is 0. The van der Waals surface area contributed by atoms with E-state index >= 15 is 0 Å². The summed E-state index contributed by atoms with van der Waals surface area (Å²) in [5.74, 6) is 0.0162. The van der Waals surface area contributed by atoms with E-state index in [2.05, 4.69) is 10.3 Å². The molecule has 1 N–H and O–H groups in total. The summed E-state index contributed by atoms with van der Waals surface area (Å²) in [5, 5.41) is 12.8. The lowest BCUT2D eigenvalue weighted by molar-refractivity contribution is -0.137. The molecule has 0 aliphatic heterocycles. The third-order valence-corrected chi connectivity index (χ3v) is 4.19. The van der Waals surface area contributed by atoms with Crippen LogP contribution >= 0.6 is 23.1 Å². The maximum absolute atomic E-state index is 12.7. The van der Waals surface area contributed by atoms with Gasteiger partial charge in [-0.1, -0.05) is 12.1 Å². The van der Waals surface area contributed by atoms with Gasteiger partial charge in [-0.05, 0) is 12.1 Å². The number of carbonyl (C=O) groups excluding carboxylic acids is 1. The van der Waals surface area contributed by atoms with Gasteiger partial charge in [-0.2, -0.15) is 18.4 Å². The van der Waals surface area contributed by atoms with Crippen LogP contribution in [0.3, 0.4) is 0 Å². The van der Waals surface area contributed by atoms with E-state index in [1.165, 1.54) is 23.9 Å². The zero-order chi connectivity index (χ0) is 16.9. The quantitative estimate of drug-likeness (QED) is 0.821. The second-order valence-electron chi connectivity index (χ2n) is 4.32. The highest BCUT2D eigenvalue weighted by Gasteiger charge is 2.30. The molecule has 1 heterocycles. The first kappa shape index (κ1) is 17.3. The molecule has 1 aromatic heterocycles. The topological polar surface area (TPSA) is 65.8 Å². The molecule has 0 atom stereocenters. The van der Waals surface area contributed by atoms with Gasteiger partial charge in [0.2, 0.25) is 5.91 Å². The molecule has 2 aromatic rings. The monoisotopic (exact) mass is 357 g/mol. The normalized spacial score (nSPS) is 11.0. The summed E-state index contributed by atoms with van der Waals surface area (Å²) < 4.78 is 38.1. The number of benzene rings is 1. The Morgan fingerprint density at radius 1 is 1.43 bits per heavy atom. The molecule has 1 aromatic carbocycles. The third kappa shape index (κ3) is 4.97. The van der Waals surface area contributed by atoms with Gasteiger partial charge in [-0.25, -0.2) is 4.98 Å². The molecule has 120 valence electrons. The average molecular weight is 357 g/mol. The van der Waals surface area contributed by atoms with Gasteiger partial charge in [0.25, 0.3) is 0 Å². The fourth-order valence-electron chi connectivity index (χ4n) is 1.66. The van der Waals surface area contributed by atoms with Crippen molar-refractivity contribution in [2.24, 2.45) is 0 Å². The molecule has 0 saturated heterocycles. The first-order valence-corrected chi connectivity index (χ1v) is 8.31. The molecular weight excluding hydrogens is 347 g/mol. The van der Waals surface area contributed by atoms with Crippen molar-refractivity contribution in [1.29, 1.82) is 5.26 Å². The lowest BCUT2D eigenvalue weighted by atomic mass is 10.1. The number of aromatic nitrogens is 1. The molecule has 0 aliphatic rings. The average Bonchev–Trinajstić information content (AvgIpc) is 2.95. The van der Waals surface area contributed by atoms with Crippen LogP contribution in [0.5, 0.6) is 0 Å². The van der Waals surface area contributed by atoms with Gasteiger partial charge in [-0.3, -0.25) is 4.79 Å². The molecule has 0 saturated carbocycles. The smallest absolute Gasteiger partial charge is 0.301 e. The zero-order valence-corrected chi connectivity index (χ0v) is 13.2. The number of alkyl halides is 3. The molecular formula is C14H10F3N3OS2. The molecule has 0 fully saturated rings. The fraction of sp³-hybridized carbons (Fsp3) is 0.214. The lowest BCUT2D eigenvalue weighted by Gasteiger charge is -2.07. The van der Waals surface area contributed by atoms with Gasteiger partial charge < -0.3 is 5.32 Å². The molecule has 0 radical (unpaired) electrons. The number of carbonyl (C=O) groups is 1. The first-order valence-electron chi connectivity index (χ1n) is 6.28. The Kier molecular flexibility index (Phi) is 5.63. The number of nitrogens with zero attached hydrogens (tertiary/aromatic N) is 2. The second kappa shape index (κ2) is 7.48. The summed E-state index contributed by atoms with van der Waals surface area (Å²) in [4.78, 5) is 15.7. The predicted molar refractivity (Wildman–Crippen MR) is 84.1 cm³/mol. The summed E-state index contributed by atoms with van der Waals surface area (Å²) >= 11 is 2.29. The van der Waals surface area contributed by atoms with Crippen molar-refractivity contribution in [1.82, 2.24) is 4.98 Å². The van der Waals surface area contributed by atoms with E-state index in [9.17, 15) is 18.0 Å². The minimum absolute atomic E-state index is 0.117. The van der Waals surface area contributed by atoms with Crippen molar-refractivity contribution in [3.8, 4) is 17.3 Å². The Labute approximate surface area is 138 Å². The van der Waals surface area contributed by atoms with Crippen molar-refractivity contribution < 1.29 is 18.0 Å². The van der Waals surface area contributed by atoms with Crippen LogP contribution in [0, 0.1) is 11.3 Å². The molecule has 0 aliphatic carbocycles. The van der Waals surface area contributed by atoms with Crippen LogP contribution in [-0.2, 0) is 11.0 Å². The van der Waals surface area contributed by atoms with Crippen molar-refractivity contribution in [3.63, 3.8) is 0 Å². The molecule has 2 rings (SSSR count). The third-order valence-electron chi connectivity index (χ3n) is 2.64. The Bertz CT molecular complexity index is 737. The Morgan fingerprint density at radius 2 is 2.22 bits per heavy atom. The van der Waals surface area contributed by atoms with Gasteiger partial charge in [-0.15, -0.1) is 23.1 Å². The number of rotatable bonds is 5. The van der Waals surface area contributed by atoms with E-state index in [-0.39, 0.29) is 17.4 Å². The van der Waals surface area contributed by atoms with Gasteiger partial charge in [0.05, 0.1) is 28.8 Å². The molecule has 23 heavy (non-hydrogen) atoms. The van der Waals surface area contributed by atoms with Crippen molar-refractivity contribution in [2.45, 2.75) is 6.18 Å². The highest BCUT2D eigenvalue weighted by Crippen LogP contribution is 2.33. The highest BCUT2D eigenvalue weighted by molar-refractivity contribution is 8.00. The van der Waals surface area contributed by atoms with Crippen molar-refractivity contribution >= 4 is 34.1 Å². The van der Waals surface area contributed by atoms with Crippen LogP contribution in [0.1, 0.15) is 5.56 Å². The Hall–Kier alpha value is -2.05. The number of amides is 1. The predicted octanol–water partition coefficient (Wildman–Crippen LogP) is 4.02. The van der Waals surface area contributed by atoms with E-state index in [1.54, 1.807) is 5.38 Å². The van der Waals surface area contributed by atoms with Crippen LogP contribution in [0.2, 0.25) is 0 Å². The maximum Gasteiger partial charge on any atom is 0.416 e. The number of thioether (sulfide) groups is 1. The number of halogens is 3. The molecule has 0 spiro atoms. The van der Waals surface area contributed by atoms with Crippen molar-refractivity contribution in [2.75, 3.05) is 16.8 Å². The summed E-state index contributed by atoms with van der Waals surface area (Å²) in [6.07, 6.45) is -4.42.